The monoisotopic (exact) mass is 285 g/mol. The van der Waals surface area contributed by atoms with Gasteiger partial charge in [0.05, 0.1) is 5.75 Å². The van der Waals surface area contributed by atoms with E-state index in [-0.39, 0.29) is 17.3 Å². The summed E-state index contributed by atoms with van der Waals surface area (Å²) in [5.74, 6) is -0.382. The maximum absolute atomic E-state index is 10.7. The highest BCUT2D eigenvalue weighted by molar-refractivity contribution is 8.14. The fourth-order valence-electron chi connectivity index (χ4n) is 0.936. The number of nitrogens with zero attached hydrogens (tertiary/aromatic N) is 3. The molecule has 1 heterocycles. The van der Waals surface area contributed by atoms with Gasteiger partial charge in [-0.3, -0.25) is 0 Å². The molecule has 0 radical (unpaired) electrons. The number of aryl methyl sites for hydroxylation is 1. The second kappa shape index (κ2) is 5.02. The predicted molar refractivity (Wildman–Crippen MR) is 60.2 cm³/mol. The molecule has 0 N–H and O–H groups in total. The molecule has 0 saturated heterocycles. The Labute approximate surface area is 100 Å². The van der Waals surface area contributed by atoms with Gasteiger partial charge in [-0.05, 0) is 9.91 Å². The topological polar surface area (TPSA) is 95.1 Å². The Hall–Kier alpha value is -0.800. The molecule has 0 amide bonds. The summed E-state index contributed by atoms with van der Waals surface area (Å²) in [6.45, 7) is 0. The second-order valence-electron chi connectivity index (χ2n) is 2.83. The average Bonchev–Trinajstić information content (AvgIpc) is 2.46. The first-order valence-corrected chi connectivity index (χ1v) is 7.48. The van der Waals surface area contributed by atoms with E-state index in [0.29, 0.717) is 5.03 Å². The van der Waals surface area contributed by atoms with Crippen molar-refractivity contribution in [3.63, 3.8) is 0 Å². The fraction of sp³-hybridized carbons (Fsp3) is 0.500. The van der Waals surface area contributed by atoms with Gasteiger partial charge in [0.2, 0.25) is 15.4 Å². The molecular formula is C6H8ClN3O4S2. The molecular weight excluding hydrogens is 278 g/mol. The Balaban J connectivity index is 2.73. The molecule has 0 spiro atoms. The van der Waals surface area contributed by atoms with E-state index in [1.807, 2.05) is 0 Å². The average molecular weight is 286 g/mol. The lowest BCUT2D eigenvalue weighted by molar-refractivity contribution is -0.392. The number of imidazole rings is 1. The maximum atomic E-state index is 10.7. The quantitative estimate of drug-likeness (QED) is 0.346. The first kappa shape index (κ1) is 13.3. The van der Waals surface area contributed by atoms with Crippen LogP contribution >= 0.6 is 22.4 Å². The first-order valence-electron chi connectivity index (χ1n) is 4.02. The summed E-state index contributed by atoms with van der Waals surface area (Å²) in [7, 11) is 3.04. The molecule has 0 aliphatic rings. The standard InChI is InChI=1S/C6H8ClN3O4S2/c1-9-4-8-5(10(11)12)6(9)15-2-3-16(7,13)14/h4H,2-3H2,1H3. The predicted octanol–water partition coefficient (Wildman–Crippen LogP) is 0.989. The van der Waals surface area contributed by atoms with Gasteiger partial charge in [-0.15, -0.1) is 0 Å². The summed E-state index contributed by atoms with van der Waals surface area (Å²) < 4.78 is 22.8. The Morgan fingerprint density at radius 2 is 2.31 bits per heavy atom. The molecule has 10 heteroatoms. The van der Waals surface area contributed by atoms with E-state index in [2.05, 4.69) is 4.98 Å². The number of halogens is 1. The lowest BCUT2D eigenvalue weighted by atomic mass is 10.8. The van der Waals surface area contributed by atoms with Crippen LogP contribution in [0.15, 0.2) is 11.4 Å². The molecule has 0 saturated carbocycles. The second-order valence-corrected chi connectivity index (χ2v) is 6.81. The van der Waals surface area contributed by atoms with Crippen molar-refractivity contribution < 1.29 is 13.3 Å². The van der Waals surface area contributed by atoms with Crippen molar-refractivity contribution in [1.82, 2.24) is 9.55 Å². The van der Waals surface area contributed by atoms with Crippen molar-refractivity contribution in [2.75, 3.05) is 11.5 Å². The Morgan fingerprint density at radius 1 is 1.69 bits per heavy atom. The van der Waals surface area contributed by atoms with Gasteiger partial charge in [0.25, 0.3) is 0 Å². The molecule has 7 nitrogen and oxygen atoms in total. The zero-order valence-corrected chi connectivity index (χ0v) is 10.5. The van der Waals surface area contributed by atoms with E-state index in [4.69, 9.17) is 10.7 Å². The minimum Gasteiger partial charge on any atom is -0.358 e. The van der Waals surface area contributed by atoms with Crippen LogP contribution in [0, 0.1) is 10.1 Å². The lowest BCUT2D eigenvalue weighted by Gasteiger charge is -2.00. The summed E-state index contributed by atoms with van der Waals surface area (Å²) in [5, 5.41) is 10.9. The summed E-state index contributed by atoms with van der Waals surface area (Å²) in [6, 6.07) is 0. The van der Waals surface area contributed by atoms with E-state index >= 15 is 0 Å². The summed E-state index contributed by atoms with van der Waals surface area (Å²) >= 11 is 1.03. The molecule has 90 valence electrons. The van der Waals surface area contributed by atoms with Crippen LogP contribution in [0.2, 0.25) is 0 Å². The molecule has 0 aromatic carbocycles. The molecule has 0 bridgehead atoms. The number of hydrogen-bond donors (Lipinski definition) is 0. The van der Waals surface area contributed by atoms with E-state index in [9.17, 15) is 18.5 Å². The van der Waals surface area contributed by atoms with E-state index in [0.717, 1.165) is 11.8 Å². The maximum Gasteiger partial charge on any atom is 0.395 e. The lowest BCUT2D eigenvalue weighted by Crippen LogP contribution is -2.01. The molecule has 1 rings (SSSR count). The smallest absolute Gasteiger partial charge is 0.358 e. The van der Waals surface area contributed by atoms with Crippen LogP contribution < -0.4 is 0 Å². The van der Waals surface area contributed by atoms with Gasteiger partial charge < -0.3 is 14.7 Å². The van der Waals surface area contributed by atoms with E-state index < -0.39 is 14.0 Å². The zero-order valence-electron chi connectivity index (χ0n) is 8.16. The van der Waals surface area contributed by atoms with Crippen molar-refractivity contribution in [3.05, 3.63) is 16.4 Å². The van der Waals surface area contributed by atoms with Gasteiger partial charge in [-0.1, -0.05) is 11.8 Å². The van der Waals surface area contributed by atoms with Crippen LogP contribution in [-0.4, -0.2) is 34.4 Å². The molecule has 0 atom stereocenters. The van der Waals surface area contributed by atoms with Gasteiger partial charge in [0, 0.05) is 23.5 Å². The third kappa shape index (κ3) is 3.65. The van der Waals surface area contributed by atoms with Gasteiger partial charge in [0.15, 0.2) is 5.03 Å². The molecule has 1 aromatic heterocycles. The number of thioether (sulfide) groups is 1. The minimum atomic E-state index is -3.57. The van der Waals surface area contributed by atoms with Crippen LogP contribution in [0.25, 0.3) is 0 Å². The molecule has 16 heavy (non-hydrogen) atoms. The third-order valence-electron chi connectivity index (χ3n) is 1.60. The number of rotatable bonds is 5. The Bertz CT molecular complexity index is 498. The van der Waals surface area contributed by atoms with Crippen molar-refractivity contribution in [1.29, 1.82) is 0 Å². The molecule has 0 fully saturated rings. The zero-order chi connectivity index (χ0) is 12.3. The highest BCUT2D eigenvalue weighted by atomic mass is 35.7. The van der Waals surface area contributed by atoms with Crippen molar-refractivity contribution in [2.24, 2.45) is 7.05 Å². The number of hydrogen-bond acceptors (Lipinski definition) is 6. The molecule has 0 aliphatic heterocycles. The fourth-order valence-corrected chi connectivity index (χ4v) is 3.33. The number of aromatic nitrogens is 2. The first-order chi connectivity index (χ1) is 7.31. The highest BCUT2D eigenvalue weighted by Gasteiger charge is 2.20. The molecule has 0 aliphatic carbocycles. The largest absolute Gasteiger partial charge is 0.395 e. The van der Waals surface area contributed by atoms with Crippen molar-refractivity contribution in [2.45, 2.75) is 5.03 Å². The number of nitro groups is 1. The summed E-state index contributed by atoms with van der Waals surface area (Å²) in [5.41, 5.74) is 0. The molecule has 1 aromatic rings. The Morgan fingerprint density at radius 3 is 2.81 bits per heavy atom. The van der Waals surface area contributed by atoms with E-state index in [1.165, 1.54) is 10.9 Å². The van der Waals surface area contributed by atoms with Gasteiger partial charge in [0.1, 0.15) is 0 Å². The van der Waals surface area contributed by atoms with E-state index in [1.54, 1.807) is 7.05 Å². The van der Waals surface area contributed by atoms with Crippen LogP contribution in [0.1, 0.15) is 0 Å². The third-order valence-corrected chi connectivity index (χ3v) is 4.17. The molecule has 0 unspecified atom stereocenters. The summed E-state index contributed by atoms with van der Waals surface area (Å²) in [6.07, 6.45) is 1.30. The van der Waals surface area contributed by atoms with Crippen LogP contribution in [0.3, 0.4) is 0 Å². The highest BCUT2D eigenvalue weighted by Crippen LogP contribution is 2.27. The van der Waals surface area contributed by atoms with Gasteiger partial charge >= 0.3 is 5.82 Å². The Kier molecular flexibility index (Phi) is 4.16. The normalized spacial score (nSPS) is 11.6. The van der Waals surface area contributed by atoms with Gasteiger partial charge in [-0.2, -0.15) is 0 Å². The van der Waals surface area contributed by atoms with Gasteiger partial charge in [-0.25, -0.2) is 8.42 Å². The van der Waals surface area contributed by atoms with Crippen LogP contribution in [0.4, 0.5) is 5.82 Å². The van der Waals surface area contributed by atoms with Crippen LogP contribution in [-0.2, 0) is 16.1 Å². The van der Waals surface area contributed by atoms with Crippen molar-refractivity contribution >= 4 is 37.3 Å². The SMILES string of the molecule is Cn1cnc([N+](=O)[O-])c1SCCS(=O)(=O)Cl. The minimum absolute atomic E-state index is 0.145. The van der Waals surface area contributed by atoms with Crippen molar-refractivity contribution in [3.8, 4) is 0 Å². The summed E-state index contributed by atoms with van der Waals surface area (Å²) in [4.78, 5) is 13.5. The van der Waals surface area contributed by atoms with Crippen LogP contribution in [0.5, 0.6) is 0 Å².